The summed E-state index contributed by atoms with van der Waals surface area (Å²) in [4.78, 5) is 16.1. The molecular formula is C16H21N3O2. The summed E-state index contributed by atoms with van der Waals surface area (Å²) in [5.74, 6) is -0.0571. The minimum atomic E-state index is -0.904. The molecule has 0 spiro atoms. The van der Waals surface area contributed by atoms with E-state index in [4.69, 9.17) is 0 Å². The van der Waals surface area contributed by atoms with E-state index in [-0.39, 0.29) is 0 Å². The molecular weight excluding hydrogens is 266 g/mol. The fraction of sp³-hybridized carbons (Fsp3) is 0.500. The average Bonchev–Trinajstić information content (AvgIpc) is 2.75. The molecule has 1 aliphatic rings. The van der Waals surface area contributed by atoms with Crippen LogP contribution in [0, 0.1) is 6.92 Å². The number of piperidine rings is 1. The van der Waals surface area contributed by atoms with E-state index in [1.165, 1.54) is 6.42 Å². The first-order chi connectivity index (χ1) is 10.0. The lowest BCUT2D eigenvalue weighted by Gasteiger charge is -2.42. The van der Waals surface area contributed by atoms with Gasteiger partial charge in [0.1, 0.15) is 11.3 Å². The highest BCUT2D eigenvalue weighted by Gasteiger charge is 2.29. The molecule has 0 aliphatic carbocycles. The summed E-state index contributed by atoms with van der Waals surface area (Å²) in [6, 6.07) is 6.05. The van der Waals surface area contributed by atoms with Gasteiger partial charge >= 0.3 is 5.97 Å². The van der Waals surface area contributed by atoms with Gasteiger partial charge in [-0.25, -0.2) is 14.5 Å². The lowest BCUT2D eigenvalue weighted by Crippen LogP contribution is -2.51. The van der Waals surface area contributed by atoms with Crippen molar-refractivity contribution >= 4 is 17.0 Å². The van der Waals surface area contributed by atoms with Crippen LogP contribution in [0.3, 0.4) is 0 Å². The number of aromatic carboxylic acids is 1. The summed E-state index contributed by atoms with van der Waals surface area (Å²) in [5.41, 5.74) is 1.78. The van der Waals surface area contributed by atoms with Gasteiger partial charge in [0.05, 0.1) is 11.1 Å². The minimum absolute atomic E-state index is 0.318. The molecule has 0 saturated carbocycles. The van der Waals surface area contributed by atoms with Crippen LogP contribution in [-0.4, -0.2) is 32.8 Å². The van der Waals surface area contributed by atoms with Crippen LogP contribution in [0.1, 0.15) is 49.3 Å². The SMILES string of the molecule is Cc1nc2cccc(C(=O)O)c2n1N1C(C)CCCC1C. The molecule has 2 unspecified atom stereocenters. The quantitative estimate of drug-likeness (QED) is 0.922. The van der Waals surface area contributed by atoms with Crippen molar-refractivity contribution in [3.63, 3.8) is 0 Å². The highest BCUT2D eigenvalue weighted by molar-refractivity contribution is 6.01. The summed E-state index contributed by atoms with van der Waals surface area (Å²) in [5, 5.41) is 11.8. The van der Waals surface area contributed by atoms with Crippen molar-refractivity contribution in [1.82, 2.24) is 9.66 Å². The molecule has 2 heterocycles. The summed E-state index contributed by atoms with van der Waals surface area (Å²) in [7, 11) is 0. The number of hydrogen-bond acceptors (Lipinski definition) is 3. The zero-order valence-electron chi connectivity index (χ0n) is 12.7. The first-order valence-corrected chi connectivity index (χ1v) is 7.50. The van der Waals surface area contributed by atoms with Crippen LogP contribution in [-0.2, 0) is 0 Å². The lowest BCUT2D eigenvalue weighted by atomic mass is 9.99. The number of carboxylic acid groups (broad SMARTS) is 1. The van der Waals surface area contributed by atoms with E-state index in [1.807, 2.05) is 17.7 Å². The Bertz CT molecular complexity index is 682. The number of rotatable bonds is 2. The van der Waals surface area contributed by atoms with Crippen LogP contribution in [0.15, 0.2) is 18.2 Å². The first-order valence-electron chi connectivity index (χ1n) is 7.50. The Morgan fingerprint density at radius 1 is 1.29 bits per heavy atom. The third-order valence-electron chi connectivity index (χ3n) is 4.42. The van der Waals surface area contributed by atoms with Crippen molar-refractivity contribution in [3.8, 4) is 0 Å². The summed E-state index contributed by atoms with van der Waals surface area (Å²) in [6.45, 7) is 6.34. The highest BCUT2D eigenvalue weighted by Crippen LogP contribution is 2.27. The Labute approximate surface area is 124 Å². The van der Waals surface area contributed by atoms with Crippen molar-refractivity contribution in [2.24, 2.45) is 0 Å². The van der Waals surface area contributed by atoms with Gasteiger partial charge < -0.3 is 10.1 Å². The van der Waals surface area contributed by atoms with Crippen LogP contribution in [0.5, 0.6) is 0 Å². The number of fused-ring (bicyclic) bond motifs is 1. The fourth-order valence-corrected chi connectivity index (χ4v) is 3.48. The Morgan fingerprint density at radius 3 is 2.57 bits per heavy atom. The number of aromatic nitrogens is 2. The third-order valence-corrected chi connectivity index (χ3v) is 4.42. The van der Waals surface area contributed by atoms with E-state index in [2.05, 4.69) is 23.8 Å². The topological polar surface area (TPSA) is 58.4 Å². The third kappa shape index (κ3) is 2.17. The summed E-state index contributed by atoms with van der Waals surface area (Å²) < 4.78 is 2.02. The van der Waals surface area contributed by atoms with E-state index in [0.29, 0.717) is 23.2 Å². The van der Waals surface area contributed by atoms with Crippen molar-refractivity contribution in [2.45, 2.75) is 52.1 Å². The molecule has 5 nitrogen and oxygen atoms in total. The largest absolute Gasteiger partial charge is 0.478 e. The van der Waals surface area contributed by atoms with Crippen LogP contribution >= 0.6 is 0 Å². The van der Waals surface area contributed by atoms with Crippen molar-refractivity contribution in [1.29, 1.82) is 0 Å². The number of nitrogens with zero attached hydrogens (tertiary/aromatic N) is 3. The van der Waals surface area contributed by atoms with Gasteiger partial charge in [0.15, 0.2) is 0 Å². The van der Waals surface area contributed by atoms with Crippen molar-refractivity contribution in [2.75, 3.05) is 5.01 Å². The van der Waals surface area contributed by atoms with Crippen LogP contribution in [0.4, 0.5) is 0 Å². The van der Waals surface area contributed by atoms with Crippen LogP contribution in [0.25, 0.3) is 11.0 Å². The first kappa shape index (κ1) is 13.9. The van der Waals surface area contributed by atoms with Gasteiger partial charge in [-0.3, -0.25) is 0 Å². The zero-order valence-corrected chi connectivity index (χ0v) is 12.7. The molecule has 0 bridgehead atoms. The summed E-state index contributed by atoms with van der Waals surface area (Å²) >= 11 is 0. The Morgan fingerprint density at radius 2 is 1.95 bits per heavy atom. The highest BCUT2D eigenvalue weighted by atomic mass is 16.4. The summed E-state index contributed by atoms with van der Waals surface area (Å²) in [6.07, 6.45) is 3.47. The zero-order chi connectivity index (χ0) is 15.1. The fourth-order valence-electron chi connectivity index (χ4n) is 3.48. The normalized spacial score (nSPS) is 22.7. The maximum absolute atomic E-state index is 11.6. The van der Waals surface area contributed by atoms with Gasteiger partial charge in [-0.2, -0.15) is 0 Å². The molecule has 2 aromatic rings. The minimum Gasteiger partial charge on any atom is -0.478 e. The number of benzene rings is 1. The number of carboxylic acids is 1. The number of imidazole rings is 1. The predicted molar refractivity (Wildman–Crippen MR) is 82.4 cm³/mol. The number of carbonyl (C=O) groups is 1. The van der Waals surface area contributed by atoms with Crippen LogP contribution < -0.4 is 5.01 Å². The second-order valence-corrected chi connectivity index (χ2v) is 5.96. The number of aryl methyl sites for hydroxylation is 1. The molecule has 21 heavy (non-hydrogen) atoms. The molecule has 0 amide bonds. The Balaban J connectivity index is 2.26. The second kappa shape index (κ2) is 5.06. The standard InChI is InChI=1S/C16H21N3O2/c1-10-6-4-7-11(2)18(10)19-12(3)17-14-9-5-8-13(15(14)19)16(20)21/h5,8-11H,4,6-7H2,1-3H3,(H,20,21). The van der Waals surface area contributed by atoms with Crippen molar-refractivity contribution < 1.29 is 9.90 Å². The molecule has 1 saturated heterocycles. The van der Waals surface area contributed by atoms with Gasteiger partial charge in [-0.15, -0.1) is 0 Å². The number of para-hydroxylation sites is 1. The van der Waals surface area contributed by atoms with Crippen LogP contribution in [0.2, 0.25) is 0 Å². The van der Waals surface area contributed by atoms with E-state index in [0.717, 1.165) is 24.2 Å². The predicted octanol–water partition coefficient (Wildman–Crippen LogP) is 2.94. The average molecular weight is 287 g/mol. The molecule has 1 fully saturated rings. The van der Waals surface area contributed by atoms with Gasteiger partial charge in [0, 0.05) is 12.1 Å². The van der Waals surface area contributed by atoms with E-state index in [9.17, 15) is 9.90 Å². The van der Waals surface area contributed by atoms with Gasteiger partial charge in [0.25, 0.3) is 0 Å². The molecule has 0 radical (unpaired) electrons. The molecule has 1 aromatic heterocycles. The van der Waals surface area contributed by atoms with Gasteiger partial charge in [-0.05, 0) is 52.2 Å². The maximum atomic E-state index is 11.6. The molecule has 5 heteroatoms. The Hall–Kier alpha value is -2.04. The second-order valence-electron chi connectivity index (χ2n) is 5.96. The monoisotopic (exact) mass is 287 g/mol. The molecule has 1 aliphatic heterocycles. The Kier molecular flexibility index (Phi) is 3.35. The molecule has 3 rings (SSSR count). The van der Waals surface area contributed by atoms with E-state index < -0.39 is 5.97 Å². The van der Waals surface area contributed by atoms with Crippen molar-refractivity contribution in [3.05, 3.63) is 29.6 Å². The maximum Gasteiger partial charge on any atom is 0.337 e. The van der Waals surface area contributed by atoms with E-state index >= 15 is 0 Å². The van der Waals surface area contributed by atoms with Gasteiger partial charge in [0.2, 0.25) is 0 Å². The molecule has 2 atom stereocenters. The molecule has 1 aromatic carbocycles. The smallest absolute Gasteiger partial charge is 0.337 e. The number of hydrogen-bond donors (Lipinski definition) is 1. The van der Waals surface area contributed by atoms with Gasteiger partial charge in [-0.1, -0.05) is 6.07 Å². The lowest BCUT2D eigenvalue weighted by molar-refractivity contribution is 0.0698. The molecule has 112 valence electrons. The van der Waals surface area contributed by atoms with E-state index in [1.54, 1.807) is 12.1 Å². The molecule has 1 N–H and O–H groups in total.